The average Bonchev–Trinajstić information content (AvgIpc) is 3.47. The highest BCUT2D eigenvalue weighted by molar-refractivity contribution is 6.00. The van der Waals surface area contributed by atoms with Gasteiger partial charge in [-0.15, -0.1) is 0 Å². The lowest BCUT2D eigenvalue weighted by Crippen LogP contribution is -2.15. The lowest BCUT2D eigenvalue weighted by molar-refractivity contribution is -0.117. The minimum atomic E-state index is -0.260. The van der Waals surface area contributed by atoms with Crippen LogP contribution in [-0.4, -0.2) is 10.9 Å². The van der Waals surface area contributed by atoms with Crippen molar-refractivity contribution >= 4 is 28.2 Å². The van der Waals surface area contributed by atoms with E-state index in [4.69, 9.17) is 11.0 Å². The molecule has 0 radical (unpaired) electrons. The summed E-state index contributed by atoms with van der Waals surface area (Å²) >= 11 is 0. The van der Waals surface area contributed by atoms with Crippen molar-refractivity contribution in [2.24, 2.45) is 11.8 Å². The van der Waals surface area contributed by atoms with E-state index in [1.54, 1.807) is 18.3 Å². The number of nitrogens with zero attached hydrogens (tertiary/aromatic N) is 3. The van der Waals surface area contributed by atoms with Gasteiger partial charge in [0, 0.05) is 22.8 Å². The van der Waals surface area contributed by atoms with Crippen LogP contribution in [0.25, 0.3) is 21.9 Å². The Balaban J connectivity index is 1.75. The number of nitrogens with one attached hydrogen (secondary N) is 1. The van der Waals surface area contributed by atoms with Crippen LogP contribution in [0.4, 0.5) is 11.5 Å². The Hall–Kier alpha value is -3.90. The Morgan fingerprint density at radius 2 is 2.11 bits per heavy atom. The van der Waals surface area contributed by atoms with Crippen molar-refractivity contribution < 1.29 is 4.79 Å². The van der Waals surface area contributed by atoms with Gasteiger partial charge in [-0.05, 0) is 54.1 Å². The third-order valence-corrected chi connectivity index (χ3v) is 5.10. The number of hydrogen-bond acceptors (Lipinski definition) is 5. The largest absolute Gasteiger partial charge is 0.398 e. The molecule has 1 aliphatic rings. The first-order valence-electron chi connectivity index (χ1n) is 8.91. The van der Waals surface area contributed by atoms with Crippen LogP contribution >= 0.6 is 0 Å². The highest BCUT2D eigenvalue weighted by atomic mass is 16.2. The third-order valence-electron chi connectivity index (χ3n) is 5.10. The van der Waals surface area contributed by atoms with Gasteiger partial charge in [0.15, 0.2) is 0 Å². The number of fused-ring (bicyclic) bond motifs is 1. The summed E-state index contributed by atoms with van der Waals surface area (Å²) in [5.41, 5.74) is 10.0. The Kier molecular flexibility index (Phi) is 4.18. The van der Waals surface area contributed by atoms with E-state index in [2.05, 4.69) is 22.4 Å². The Morgan fingerprint density at radius 1 is 1.29 bits per heavy atom. The zero-order chi connectivity index (χ0) is 19.8. The molecule has 3 N–H and O–H groups in total. The fourth-order valence-electron chi connectivity index (χ4n) is 3.49. The number of pyridine rings is 1. The van der Waals surface area contributed by atoms with Crippen molar-refractivity contribution in [3.8, 4) is 23.3 Å². The number of anilines is 2. The molecule has 0 spiro atoms. The van der Waals surface area contributed by atoms with Gasteiger partial charge in [-0.1, -0.05) is 12.1 Å². The first-order valence-corrected chi connectivity index (χ1v) is 8.91. The summed E-state index contributed by atoms with van der Waals surface area (Å²) in [6.07, 6.45) is 2.22. The first kappa shape index (κ1) is 17.5. The number of aryl methyl sites for hydroxylation is 1. The van der Waals surface area contributed by atoms with Gasteiger partial charge >= 0.3 is 0 Å². The van der Waals surface area contributed by atoms with E-state index in [0.29, 0.717) is 23.5 Å². The van der Waals surface area contributed by atoms with Crippen molar-refractivity contribution in [2.45, 2.75) is 13.3 Å². The van der Waals surface area contributed by atoms with E-state index < -0.39 is 0 Å². The van der Waals surface area contributed by atoms with Crippen molar-refractivity contribution in [1.29, 1.82) is 10.5 Å². The van der Waals surface area contributed by atoms with Gasteiger partial charge in [-0.2, -0.15) is 10.5 Å². The number of carbonyl (C=O) groups is 1. The molecule has 0 saturated heterocycles. The van der Waals surface area contributed by atoms with Gasteiger partial charge in [-0.3, -0.25) is 4.79 Å². The number of carbonyl (C=O) groups excluding carboxylic acids is 1. The number of amides is 1. The van der Waals surface area contributed by atoms with Gasteiger partial charge in [0.2, 0.25) is 5.91 Å². The first-order chi connectivity index (χ1) is 13.5. The normalized spacial score (nSPS) is 17.5. The van der Waals surface area contributed by atoms with Gasteiger partial charge < -0.3 is 11.1 Å². The molecule has 3 aromatic rings. The number of nitrogen functional groups attached to an aromatic ring is 1. The Bertz CT molecular complexity index is 1200. The molecule has 136 valence electrons. The summed E-state index contributed by atoms with van der Waals surface area (Å²) in [5.74, 6) is -0.228. The van der Waals surface area contributed by atoms with Crippen LogP contribution in [0.15, 0.2) is 42.6 Å². The van der Waals surface area contributed by atoms with Crippen LogP contribution in [0.2, 0.25) is 0 Å². The van der Waals surface area contributed by atoms with Gasteiger partial charge in [0.25, 0.3) is 0 Å². The number of benzene rings is 2. The molecule has 1 unspecified atom stereocenters. The monoisotopic (exact) mass is 367 g/mol. The number of hydrogen-bond donors (Lipinski definition) is 2. The second-order valence-electron chi connectivity index (χ2n) is 7.03. The van der Waals surface area contributed by atoms with E-state index >= 15 is 0 Å². The fourth-order valence-corrected chi connectivity index (χ4v) is 3.49. The predicted molar refractivity (Wildman–Crippen MR) is 107 cm³/mol. The minimum absolute atomic E-state index is 0.187. The van der Waals surface area contributed by atoms with Crippen molar-refractivity contribution in [3.63, 3.8) is 0 Å². The van der Waals surface area contributed by atoms with E-state index in [1.165, 1.54) is 0 Å². The van der Waals surface area contributed by atoms with Crippen molar-refractivity contribution in [3.05, 3.63) is 53.7 Å². The number of aromatic nitrogens is 1. The van der Waals surface area contributed by atoms with Crippen LogP contribution < -0.4 is 11.1 Å². The zero-order valence-electron chi connectivity index (χ0n) is 15.2. The molecule has 0 aliphatic heterocycles. The lowest BCUT2D eigenvalue weighted by Gasteiger charge is -2.12. The molecule has 2 atom stereocenters. The summed E-state index contributed by atoms with van der Waals surface area (Å²) in [5, 5.41) is 22.7. The maximum absolute atomic E-state index is 12.2. The molecular weight excluding hydrogens is 350 g/mol. The molecule has 0 bridgehead atoms. The Morgan fingerprint density at radius 3 is 2.82 bits per heavy atom. The number of nitriles is 2. The predicted octanol–water partition coefficient (Wildman–Crippen LogP) is 3.76. The summed E-state index contributed by atoms with van der Waals surface area (Å²) in [6, 6.07) is 15.5. The fraction of sp³-hybridized carbons (Fsp3) is 0.182. The average molecular weight is 367 g/mol. The minimum Gasteiger partial charge on any atom is -0.398 e. The van der Waals surface area contributed by atoms with Crippen LogP contribution in [0.3, 0.4) is 0 Å². The van der Waals surface area contributed by atoms with E-state index in [0.717, 1.165) is 27.5 Å². The standard InChI is InChI=1S/C22H17N5O/c1-12-3-2-4-13(9-23)21(12)15-5-14-8-20(26-11-18(14)19(25)7-15)27-22(28)17-6-16(17)10-24/h2-5,7-8,11,16-17H,6,25H2,1H3,(H,26,27,28)/t16?,17-/m1/s1. The van der Waals surface area contributed by atoms with E-state index in [9.17, 15) is 10.1 Å². The van der Waals surface area contributed by atoms with Gasteiger partial charge in [0.05, 0.1) is 29.5 Å². The molecule has 4 rings (SSSR count). The molecule has 1 aromatic heterocycles. The van der Waals surface area contributed by atoms with Gasteiger partial charge in [0.1, 0.15) is 5.82 Å². The number of rotatable bonds is 3. The van der Waals surface area contributed by atoms with Crippen molar-refractivity contribution in [2.75, 3.05) is 11.1 Å². The summed E-state index contributed by atoms with van der Waals surface area (Å²) < 4.78 is 0. The van der Waals surface area contributed by atoms with Crippen molar-refractivity contribution in [1.82, 2.24) is 4.98 Å². The summed E-state index contributed by atoms with van der Waals surface area (Å²) in [7, 11) is 0. The SMILES string of the molecule is Cc1cccc(C#N)c1-c1cc(N)c2cnc(NC(=O)[C@@H]3CC3C#N)cc2c1. The molecule has 2 aromatic carbocycles. The quantitative estimate of drug-likeness (QED) is 0.684. The van der Waals surface area contributed by atoms with Crippen LogP contribution in [0, 0.1) is 41.4 Å². The van der Waals surface area contributed by atoms with Gasteiger partial charge in [-0.25, -0.2) is 4.98 Å². The Labute approximate surface area is 162 Å². The van der Waals surface area contributed by atoms with E-state index in [-0.39, 0.29) is 17.7 Å². The van der Waals surface area contributed by atoms with Crippen LogP contribution in [0.5, 0.6) is 0 Å². The summed E-state index contributed by atoms with van der Waals surface area (Å²) in [4.78, 5) is 16.5. The molecule has 1 heterocycles. The lowest BCUT2D eigenvalue weighted by atomic mass is 9.93. The van der Waals surface area contributed by atoms with Crippen LogP contribution in [-0.2, 0) is 4.79 Å². The molecule has 1 aliphatic carbocycles. The highest BCUT2D eigenvalue weighted by Crippen LogP contribution is 2.39. The zero-order valence-corrected chi connectivity index (χ0v) is 15.2. The third kappa shape index (κ3) is 3.02. The molecule has 6 nitrogen and oxygen atoms in total. The molecular formula is C22H17N5O. The molecule has 1 saturated carbocycles. The second kappa shape index (κ2) is 6.68. The molecule has 1 amide bonds. The summed E-state index contributed by atoms with van der Waals surface area (Å²) in [6.45, 7) is 1.95. The highest BCUT2D eigenvalue weighted by Gasteiger charge is 2.43. The maximum atomic E-state index is 12.2. The van der Waals surface area contributed by atoms with E-state index in [1.807, 2.05) is 31.2 Å². The maximum Gasteiger partial charge on any atom is 0.230 e. The second-order valence-corrected chi connectivity index (χ2v) is 7.03. The van der Waals surface area contributed by atoms with Crippen LogP contribution in [0.1, 0.15) is 17.5 Å². The topological polar surface area (TPSA) is 116 Å². The number of nitrogens with two attached hydrogens (primary N) is 1. The molecule has 28 heavy (non-hydrogen) atoms. The molecule has 6 heteroatoms. The molecule has 1 fully saturated rings. The smallest absolute Gasteiger partial charge is 0.230 e.